The summed E-state index contributed by atoms with van der Waals surface area (Å²) in [5.41, 5.74) is 0.280. The average Bonchev–Trinajstić information content (AvgIpc) is 2.73. The molecule has 0 saturated carbocycles. The summed E-state index contributed by atoms with van der Waals surface area (Å²) in [6.07, 6.45) is -4.71. The highest BCUT2D eigenvalue weighted by Gasteiger charge is 2.33. The Balaban J connectivity index is 1.57. The number of carbonyl (C=O) groups excluding carboxylic acids is 1. The van der Waals surface area contributed by atoms with Crippen molar-refractivity contribution in [1.82, 2.24) is 10.2 Å². The fourth-order valence-corrected chi connectivity index (χ4v) is 3.34. The predicted octanol–water partition coefficient (Wildman–Crippen LogP) is 4.56. The minimum atomic E-state index is -4.71. The van der Waals surface area contributed by atoms with Crippen LogP contribution in [0.25, 0.3) is 0 Å². The van der Waals surface area contributed by atoms with Crippen molar-refractivity contribution >= 4 is 11.7 Å². The van der Waals surface area contributed by atoms with Crippen LogP contribution < -0.4 is 10.6 Å². The van der Waals surface area contributed by atoms with Gasteiger partial charge in [0.15, 0.2) is 0 Å². The third kappa shape index (κ3) is 5.70. The normalized spacial score (nSPS) is 16.2. The summed E-state index contributed by atoms with van der Waals surface area (Å²) in [6.45, 7) is 4.83. The molecule has 30 heavy (non-hydrogen) atoms. The van der Waals surface area contributed by atoms with Crippen molar-refractivity contribution in [2.75, 3.05) is 31.6 Å². The van der Waals surface area contributed by atoms with Gasteiger partial charge in [0.25, 0.3) is 0 Å². The van der Waals surface area contributed by atoms with Gasteiger partial charge in [0.2, 0.25) is 0 Å². The molecule has 162 valence electrons. The lowest BCUT2D eigenvalue weighted by molar-refractivity contribution is -0.138. The molecule has 9 heteroatoms. The van der Waals surface area contributed by atoms with Gasteiger partial charge in [-0.15, -0.1) is 0 Å². The van der Waals surface area contributed by atoms with Gasteiger partial charge in [-0.1, -0.05) is 18.2 Å². The van der Waals surface area contributed by atoms with Gasteiger partial charge in [0, 0.05) is 31.4 Å². The third-order valence-corrected chi connectivity index (χ3v) is 5.06. The topological polar surface area (TPSA) is 53.6 Å². The molecule has 2 aromatic carbocycles. The number of hydrogen-bond donors (Lipinski definition) is 2. The van der Waals surface area contributed by atoms with Crippen LogP contribution in [0.5, 0.6) is 0 Å². The molecule has 1 atom stereocenters. The smallest absolute Gasteiger partial charge is 0.379 e. The zero-order chi connectivity index (χ0) is 21.7. The summed E-state index contributed by atoms with van der Waals surface area (Å²) in [7, 11) is 0. The highest BCUT2D eigenvalue weighted by Crippen LogP contribution is 2.32. The highest BCUT2D eigenvalue weighted by atomic mass is 19.4. The van der Waals surface area contributed by atoms with E-state index in [1.165, 1.54) is 0 Å². The van der Waals surface area contributed by atoms with Crippen molar-refractivity contribution in [3.63, 3.8) is 0 Å². The van der Waals surface area contributed by atoms with Gasteiger partial charge in [-0.3, -0.25) is 4.90 Å². The Morgan fingerprint density at radius 3 is 2.43 bits per heavy atom. The summed E-state index contributed by atoms with van der Waals surface area (Å²) >= 11 is 0. The second-order valence-electron chi connectivity index (χ2n) is 7.05. The van der Waals surface area contributed by atoms with Crippen molar-refractivity contribution < 1.29 is 27.1 Å². The SMILES string of the molecule is CC(c1ccc(NC(=O)NCc2ccc(F)cc2C(F)(F)F)cc1)N1CCOCC1. The number of urea groups is 1. The lowest BCUT2D eigenvalue weighted by Gasteiger charge is -2.32. The lowest BCUT2D eigenvalue weighted by atomic mass is 10.1. The number of hydrogen-bond acceptors (Lipinski definition) is 3. The maximum absolute atomic E-state index is 13.2. The van der Waals surface area contributed by atoms with Crippen LogP contribution in [0.15, 0.2) is 42.5 Å². The van der Waals surface area contributed by atoms with Crippen LogP contribution >= 0.6 is 0 Å². The molecule has 2 N–H and O–H groups in total. The molecule has 1 aliphatic heterocycles. The van der Waals surface area contributed by atoms with Gasteiger partial charge in [-0.2, -0.15) is 13.2 Å². The number of morpholine rings is 1. The molecule has 0 aliphatic carbocycles. The van der Waals surface area contributed by atoms with Crippen LogP contribution in [0.1, 0.15) is 29.7 Å². The molecular weight excluding hydrogens is 402 g/mol. The number of nitrogens with zero attached hydrogens (tertiary/aromatic N) is 1. The molecule has 1 saturated heterocycles. The van der Waals surface area contributed by atoms with E-state index in [0.29, 0.717) is 25.0 Å². The number of carbonyl (C=O) groups is 1. The Bertz CT molecular complexity index is 866. The summed E-state index contributed by atoms with van der Waals surface area (Å²) in [4.78, 5) is 14.4. The van der Waals surface area contributed by atoms with Gasteiger partial charge in [-0.05, 0) is 42.3 Å². The molecule has 2 amide bonds. The number of alkyl halides is 3. The molecule has 1 aliphatic rings. The quantitative estimate of drug-likeness (QED) is 0.691. The molecule has 2 aromatic rings. The monoisotopic (exact) mass is 425 g/mol. The summed E-state index contributed by atoms with van der Waals surface area (Å²) in [5.74, 6) is -0.984. The minimum Gasteiger partial charge on any atom is -0.379 e. The number of benzene rings is 2. The second-order valence-corrected chi connectivity index (χ2v) is 7.05. The number of halogens is 4. The van der Waals surface area contributed by atoms with Crippen LogP contribution in [0.3, 0.4) is 0 Å². The molecular formula is C21H23F4N3O2. The minimum absolute atomic E-state index is 0.205. The molecule has 0 aromatic heterocycles. The Hall–Kier alpha value is -2.65. The lowest BCUT2D eigenvalue weighted by Crippen LogP contribution is -2.38. The molecule has 0 bridgehead atoms. The van der Waals surface area contributed by atoms with Crippen molar-refractivity contribution in [2.24, 2.45) is 0 Å². The largest absolute Gasteiger partial charge is 0.416 e. The zero-order valence-electron chi connectivity index (χ0n) is 16.4. The van der Waals surface area contributed by atoms with Crippen LogP contribution in [0, 0.1) is 5.82 Å². The van der Waals surface area contributed by atoms with Crippen LogP contribution in [-0.2, 0) is 17.5 Å². The zero-order valence-corrected chi connectivity index (χ0v) is 16.4. The third-order valence-electron chi connectivity index (χ3n) is 5.06. The maximum Gasteiger partial charge on any atom is 0.416 e. The molecule has 1 fully saturated rings. The van der Waals surface area contributed by atoms with Crippen molar-refractivity contribution in [3.05, 3.63) is 65.0 Å². The first-order valence-electron chi connectivity index (χ1n) is 9.56. The first kappa shape index (κ1) is 22.0. The summed E-state index contributed by atoms with van der Waals surface area (Å²) < 4.78 is 57.6. The standard InChI is InChI=1S/C21H23F4N3O2/c1-14(28-8-10-30-11-9-28)15-3-6-18(7-4-15)27-20(29)26-13-16-2-5-17(22)12-19(16)21(23,24)25/h2-7,12,14H,8-11,13H2,1H3,(H2,26,27,29). The molecule has 1 heterocycles. The van der Waals surface area contributed by atoms with E-state index in [1.54, 1.807) is 12.1 Å². The van der Waals surface area contributed by atoms with E-state index in [9.17, 15) is 22.4 Å². The van der Waals surface area contributed by atoms with Crippen molar-refractivity contribution in [1.29, 1.82) is 0 Å². The highest BCUT2D eigenvalue weighted by molar-refractivity contribution is 5.89. The van der Waals surface area contributed by atoms with E-state index in [0.717, 1.165) is 30.8 Å². The Morgan fingerprint density at radius 1 is 1.13 bits per heavy atom. The summed E-state index contributed by atoms with van der Waals surface area (Å²) in [6, 6.07) is 9.20. The van der Waals surface area contributed by atoms with Gasteiger partial charge in [-0.25, -0.2) is 9.18 Å². The van der Waals surface area contributed by atoms with Gasteiger partial charge < -0.3 is 15.4 Å². The van der Waals surface area contributed by atoms with E-state index in [4.69, 9.17) is 4.74 Å². The van der Waals surface area contributed by atoms with E-state index in [1.807, 2.05) is 12.1 Å². The van der Waals surface area contributed by atoms with Crippen LogP contribution in [0.4, 0.5) is 28.0 Å². The number of amides is 2. The van der Waals surface area contributed by atoms with E-state index < -0.39 is 23.6 Å². The summed E-state index contributed by atoms with van der Waals surface area (Å²) in [5, 5.41) is 4.96. The second kappa shape index (κ2) is 9.44. The predicted molar refractivity (Wildman–Crippen MR) is 105 cm³/mol. The first-order chi connectivity index (χ1) is 14.2. The van der Waals surface area contributed by atoms with E-state index in [2.05, 4.69) is 22.5 Å². The Labute approximate surface area is 172 Å². The van der Waals surface area contributed by atoms with E-state index >= 15 is 0 Å². The molecule has 0 radical (unpaired) electrons. The van der Waals surface area contributed by atoms with E-state index in [-0.39, 0.29) is 18.2 Å². The van der Waals surface area contributed by atoms with Crippen LogP contribution in [-0.4, -0.2) is 37.2 Å². The number of anilines is 1. The number of ether oxygens (including phenoxy) is 1. The molecule has 5 nitrogen and oxygen atoms in total. The van der Waals surface area contributed by atoms with Crippen molar-refractivity contribution in [2.45, 2.75) is 25.7 Å². The average molecular weight is 425 g/mol. The maximum atomic E-state index is 13.2. The van der Waals surface area contributed by atoms with Gasteiger partial charge >= 0.3 is 12.2 Å². The Kier molecular flexibility index (Phi) is 6.94. The van der Waals surface area contributed by atoms with Gasteiger partial charge in [0.1, 0.15) is 5.82 Å². The number of nitrogens with one attached hydrogen (secondary N) is 2. The fraction of sp³-hybridized carbons (Fsp3) is 0.381. The Morgan fingerprint density at radius 2 is 1.80 bits per heavy atom. The first-order valence-corrected chi connectivity index (χ1v) is 9.56. The molecule has 0 spiro atoms. The van der Waals surface area contributed by atoms with Crippen LogP contribution in [0.2, 0.25) is 0 Å². The fourth-order valence-electron chi connectivity index (χ4n) is 3.34. The van der Waals surface area contributed by atoms with Crippen molar-refractivity contribution in [3.8, 4) is 0 Å². The molecule has 3 rings (SSSR count). The van der Waals surface area contributed by atoms with Gasteiger partial charge in [0.05, 0.1) is 18.8 Å². The molecule has 1 unspecified atom stereocenters. The number of rotatable bonds is 5.